The number of fused-ring (bicyclic) bond motifs is 2. The molecule has 3 rings (SSSR count). The maximum atomic E-state index is 13.2. The first kappa shape index (κ1) is 15.5. The summed E-state index contributed by atoms with van der Waals surface area (Å²) in [4.78, 5) is 39.9. The molecule has 3 fully saturated rings. The van der Waals surface area contributed by atoms with Crippen LogP contribution in [0.5, 0.6) is 0 Å². The van der Waals surface area contributed by atoms with E-state index in [0.717, 1.165) is 12.8 Å². The van der Waals surface area contributed by atoms with Crippen LogP contribution in [-0.4, -0.2) is 35.8 Å². The van der Waals surface area contributed by atoms with Gasteiger partial charge in [-0.05, 0) is 38.5 Å². The maximum Gasteiger partial charge on any atom is 0.329 e. The first-order valence-corrected chi connectivity index (χ1v) is 8.23. The summed E-state index contributed by atoms with van der Waals surface area (Å²) >= 11 is 0. The van der Waals surface area contributed by atoms with Gasteiger partial charge in [-0.15, -0.1) is 0 Å². The van der Waals surface area contributed by atoms with Crippen LogP contribution in [0.4, 0.5) is 0 Å². The van der Waals surface area contributed by atoms with Gasteiger partial charge in [0.05, 0.1) is 5.41 Å². The van der Waals surface area contributed by atoms with Gasteiger partial charge in [-0.1, -0.05) is 20.8 Å². The highest BCUT2D eigenvalue weighted by Gasteiger charge is 2.75. The second kappa shape index (κ2) is 4.56. The largest absolute Gasteiger partial charge is 0.392 e. The standard InChI is InChI=1S/C17H25NO4/c1-11-5-9-18(10-6-11)12(19)17-8-7-16(4,15(17,2)3)13(20)22-14(17)21/h11H,5-10H2,1-4H3. The fourth-order valence-corrected chi connectivity index (χ4v) is 4.48. The Morgan fingerprint density at radius 3 is 2.27 bits per heavy atom. The smallest absolute Gasteiger partial charge is 0.329 e. The summed E-state index contributed by atoms with van der Waals surface area (Å²) < 4.78 is 5.02. The van der Waals surface area contributed by atoms with E-state index < -0.39 is 28.2 Å². The molecule has 0 aromatic rings. The predicted molar refractivity (Wildman–Crippen MR) is 79.6 cm³/mol. The van der Waals surface area contributed by atoms with Crippen molar-refractivity contribution in [1.82, 2.24) is 4.90 Å². The van der Waals surface area contributed by atoms with Gasteiger partial charge in [-0.2, -0.15) is 0 Å². The van der Waals surface area contributed by atoms with Crippen molar-refractivity contribution >= 4 is 17.8 Å². The average Bonchev–Trinajstić information content (AvgIpc) is 2.61. The molecule has 0 radical (unpaired) electrons. The molecule has 2 atom stereocenters. The Kier molecular flexibility index (Phi) is 3.21. The van der Waals surface area contributed by atoms with Crippen molar-refractivity contribution in [3.8, 4) is 0 Å². The number of ether oxygens (including phenoxy) is 1. The maximum absolute atomic E-state index is 13.2. The zero-order valence-electron chi connectivity index (χ0n) is 13.9. The Balaban J connectivity index is 1.99. The van der Waals surface area contributed by atoms with Crippen molar-refractivity contribution in [2.75, 3.05) is 13.1 Å². The van der Waals surface area contributed by atoms with Crippen LogP contribution in [0.3, 0.4) is 0 Å². The molecule has 1 amide bonds. The van der Waals surface area contributed by atoms with E-state index in [1.165, 1.54) is 0 Å². The van der Waals surface area contributed by atoms with Crippen LogP contribution in [0, 0.1) is 22.2 Å². The van der Waals surface area contributed by atoms with Crippen LogP contribution < -0.4 is 0 Å². The first-order chi connectivity index (χ1) is 10.2. The van der Waals surface area contributed by atoms with Crippen molar-refractivity contribution in [3.05, 3.63) is 0 Å². The lowest BCUT2D eigenvalue weighted by atomic mass is 9.56. The highest BCUT2D eigenvalue weighted by atomic mass is 16.6. The lowest BCUT2D eigenvalue weighted by Gasteiger charge is -2.50. The highest BCUT2D eigenvalue weighted by molar-refractivity contribution is 6.11. The lowest BCUT2D eigenvalue weighted by Crippen LogP contribution is -2.63. The topological polar surface area (TPSA) is 63.7 Å². The molecule has 1 saturated carbocycles. The van der Waals surface area contributed by atoms with E-state index in [1.54, 1.807) is 0 Å². The summed E-state index contributed by atoms with van der Waals surface area (Å²) in [7, 11) is 0. The van der Waals surface area contributed by atoms with E-state index in [0.29, 0.717) is 31.8 Å². The molecule has 122 valence electrons. The molecule has 5 heteroatoms. The van der Waals surface area contributed by atoms with Crippen molar-refractivity contribution in [3.63, 3.8) is 0 Å². The number of amides is 1. The third kappa shape index (κ3) is 1.62. The van der Waals surface area contributed by atoms with E-state index in [1.807, 2.05) is 25.7 Å². The molecular formula is C17H25NO4. The first-order valence-electron chi connectivity index (χ1n) is 8.23. The number of cyclic esters (lactones) is 2. The normalized spacial score (nSPS) is 38.1. The lowest BCUT2D eigenvalue weighted by molar-refractivity contribution is -0.199. The predicted octanol–water partition coefficient (Wildman–Crippen LogP) is 2.14. The van der Waals surface area contributed by atoms with Crippen LogP contribution >= 0.6 is 0 Å². The SMILES string of the molecule is CC1CCN(C(=O)C23CCC(C)(C(=O)OC2=O)C3(C)C)CC1. The molecule has 1 aliphatic carbocycles. The van der Waals surface area contributed by atoms with Gasteiger partial charge < -0.3 is 9.64 Å². The van der Waals surface area contributed by atoms with Gasteiger partial charge in [0.15, 0.2) is 5.41 Å². The van der Waals surface area contributed by atoms with Gasteiger partial charge in [0.1, 0.15) is 0 Å². The van der Waals surface area contributed by atoms with Crippen LogP contribution in [0.1, 0.15) is 53.4 Å². The number of carbonyl (C=O) groups excluding carboxylic acids is 3. The van der Waals surface area contributed by atoms with Gasteiger partial charge >= 0.3 is 11.9 Å². The molecule has 0 aromatic heterocycles. The van der Waals surface area contributed by atoms with E-state index in [2.05, 4.69) is 6.92 Å². The summed E-state index contributed by atoms with van der Waals surface area (Å²) in [5, 5.41) is 0. The van der Waals surface area contributed by atoms with Gasteiger partial charge in [0, 0.05) is 18.5 Å². The van der Waals surface area contributed by atoms with Crippen LogP contribution in [0.15, 0.2) is 0 Å². The Morgan fingerprint density at radius 2 is 1.68 bits per heavy atom. The monoisotopic (exact) mass is 307 g/mol. The minimum absolute atomic E-state index is 0.134. The van der Waals surface area contributed by atoms with Crippen LogP contribution in [0.25, 0.3) is 0 Å². The van der Waals surface area contributed by atoms with Gasteiger partial charge in [0.2, 0.25) is 5.91 Å². The highest BCUT2D eigenvalue weighted by Crippen LogP contribution is 2.66. The number of carbonyl (C=O) groups is 3. The zero-order chi connectivity index (χ0) is 16.3. The van der Waals surface area contributed by atoms with Crippen molar-refractivity contribution in [2.45, 2.75) is 53.4 Å². The summed E-state index contributed by atoms with van der Waals surface area (Å²) in [6.07, 6.45) is 2.87. The Hall–Kier alpha value is -1.39. The minimum atomic E-state index is -1.20. The number of hydrogen-bond acceptors (Lipinski definition) is 4. The molecule has 3 aliphatic rings. The van der Waals surface area contributed by atoms with Gasteiger partial charge in [-0.25, -0.2) is 0 Å². The van der Waals surface area contributed by atoms with E-state index in [-0.39, 0.29) is 5.91 Å². The number of rotatable bonds is 1. The third-order valence-corrected chi connectivity index (χ3v) is 6.87. The van der Waals surface area contributed by atoms with E-state index in [9.17, 15) is 14.4 Å². The average molecular weight is 307 g/mol. The molecule has 2 heterocycles. The fourth-order valence-electron chi connectivity index (χ4n) is 4.48. The second-order valence-electron chi connectivity index (χ2n) is 8.01. The van der Waals surface area contributed by atoms with Gasteiger partial charge in [0.25, 0.3) is 0 Å². The molecular weight excluding hydrogens is 282 g/mol. The third-order valence-electron chi connectivity index (χ3n) is 6.87. The quantitative estimate of drug-likeness (QED) is 0.550. The number of likely N-dealkylation sites (tertiary alicyclic amines) is 1. The second-order valence-corrected chi connectivity index (χ2v) is 8.01. The van der Waals surface area contributed by atoms with E-state index in [4.69, 9.17) is 4.74 Å². The van der Waals surface area contributed by atoms with Crippen molar-refractivity contribution in [2.24, 2.45) is 22.2 Å². The Bertz CT molecular complexity index is 547. The molecule has 5 nitrogen and oxygen atoms in total. The van der Waals surface area contributed by atoms with Crippen molar-refractivity contribution < 1.29 is 19.1 Å². The molecule has 2 aliphatic heterocycles. The summed E-state index contributed by atoms with van der Waals surface area (Å²) in [5.74, 6) is -0.634. The van der Waals surface area contributed by atoms with Crippen molar-refractivity contribution in [1.29, 1.82) is 0 Å². The summed E-state index contributed by atoms with van der Waals surface area (Å²) in [6.45, 7) is 9.15. The summed E-state index contributed by atoms with van der Waals surface area (Å²) in [5.41, 5.74) is -2.68. The summed E-state index contributed by atoms with van der Waals surface area (Å²) in [6, 6.07) is 0. The zero-order valence-corrected chi connectivity index (χ0v) is 13.9. The number of esters is 2. The molecule has 22 heavy (non-hydrogen) atoms. The molecule has 2 bridgehead atoms. The Labute approximate surface area is 131 Å². The molecule has 0 spiro atoms. The molecule has 0 N–H and O–H groups in total. The van der Waals surface area contributed by atoms with Crippen LogP contribution in [-0.2, 0) is 19.1 Å². The minimum Gasteiger partial charge on any atom is -0.392 e. The molecule has 0 aromatic carbocycles. The molecule has 2 saturated heterocycles. The fraction of sp³-hybridized carbons (Fsp3) is 0.824. The number of piperidine rings is 1. The number of nitrogens with zero attached hydrogens (tertiary/aromatic N) is 1. The number of hydrogen-bond donors (Lipinski definition) is 0. The molecule has 2 unspecified atom stereocenters. The van der Waals surface area contributed by atoms with Gasteiger partial charge in [-0.3, -0.25) is 14.4 Å². The Morgan fingerprint density at radius 1 is 1.09 bits per heavy atom. The van der Waals surface area contributed by atoms with E-state index >= 15 is 0 Å². The van der Waals surface area contributed by atoms with Crippen LogP contribution in [0.2, 0.25) is 0 Å².